The SMILES string of the molecule is CCNCCCSc1ccccc1Cl. The third-order valence-corrected chi connectivity index (χ3v) is 3.44. The van der Waals surface area contributed by atoms with E-state index in [1.165, 1.54) is 11.3 Å². The van der Waals surface area contributed by atoms with E-state index in [4.69, 9.17) is 11.6 Å². The molecule has 0 heterocycles. The molecule has 1 aromatic carbocycles. The summed E-state index contributed by atoms with van der Waals surface area (Å²) in [6.45, 7) is 4.27. The molecular weight excluding hydrogens is 214 g/mol. The highest BCUT2D eigenvalue weighted by Gasteiger charge is 1.98. The Kier molecular flexibility index (Phi) is 6.08. The first-order valence-electron chi connectivity index (χ1n) is 4.92. The number of hydrogen-bond donors (Lipinski definition) is 1. The topological polar surface area (TPSA) is 12.0 Å². The van der Waals surface area contributed by atoms with Crippen LogP contribution >= 0.6 is 23.4 Å². The number of benzene rings is 1. The van der Waals surface area contributed by atoms with Crippen LogP contribution < -0.4 is 5.32 Å². The summed E-state index contributed by atoms with van der Waals surface area (Å²) in [6, 6.07) is 8.00. The van der Waals surface area contributed by atoms with Crippen LogP contribution in [0.5, 0.6) is 0 Å². The normalized spacial score (nSPS) is 10.4. The lowest BCUT2D eigenvalue weighted by Crippen LogP contribution is -2.14. The van der Waals surface area contributed by atoms with E-state index < -0.39 is 0 Å². The zero-order valence-electron chi connectivity index (χ0n) is 8.42. The van der Waals surface area contributed by atoms with Gasteiger partial charge in [0, 0.05) is 4.90 Å². The van der Waals surface area contributed by atoms with Gasteiger partial charge in [0.1, 0.15) is 0 Å². The zero-order valence-corrected chi connectivity index (χ0v) is 10.00. The minimum Gasteiger partial charge on any atom is -0.317 e. The highest BCUT2D eigenvalue weighted by molar-refractivity contribution is 7.99. The second kappa shape index (κ2) is 7.16. The van der Waals surface area contributed by atoms with Crippen molar-refractivity contribution in [3.63, 3.8) is 0 Å². The number of thioether (sulfide) groups is 1. The Morgan fingerprint density at radius 2 is 2.14 bits per heavy atom. The van der Waals surface area contributed by atoms with Crippen LogP contribution in [0.1, 0.15) is 13.3 Å². The molecule has 0 aliphatic rings. The summed E-state index contributed by atoms with van der Waals surface area (Å²) in [5.41, 5.74) is 0. The van der Waals surface area contributed by atoms with E-state index in [1.54, 1.807) is 0 Å². The molecule has 1 N–H and O–H groups in total. The van der Waals surface area contributed by atoms with Crippen molar-refractivity contribution in [2.75, 3.05) is 18.8 Å². The van der Waals surface area contributed by atoms with E-state index >= 15 is 0 Å². The highest BCUT2D eigenvalue weighted by atomic mass is 35.5. The lowest BCUT2D eigenvalue weighted by atomic mass is 10.4. The van der Waals surface area contributed by atoms with Crippen molar-refractivity contribution in [2.24, 2.45) is 0 Å². The fourth-order valence-electron chi connectivity index (χ4n) is 1.12. The molecule has 0 spiro atoms. The van der Waals surface area contributed by atoms with Crippen molar-refractivity contribution >= 4 is 23.4 Å². The molecule has 0 saturated carbocycles. The van der Waals surface area contributed by atoms with Crippen LogP contribution in [0.15, 0.2) is 29.2 Å². The van der Waals surface area contributed by atoms with Crippen LogP contribution in [0.25, 0.3) is 0 Å². The fraction of sp³-hybridized carbons (Fsp3) is 0.455. The van der Waals surface area contributed by atoms with Gasteiger partial charge in [-0.25, -0.2) is 0 Å². The first kappa shape index (κ1) is 11.9. The molecule has 1 rings (SSSR count). The monoisotopic (exact) mass is 229 g/mol. The average molecular weight is 230 g/mol. The van der Waals surface area contributed by atoms with E-state index in [2.05, 4.69) is 18.3 Å². The Hall–Kier alpha value is -0.180. The summed E-state index contributed by atoms with van der Waals surface area (Å²) in [6.07, 6.45) is 1.18. The zero-order chi connectivity index (χ0) is 10.2. The molecule has 1 aromatic rings. The van der Waals surface area contributed by atoms with Gasteiger partial charge in [-0.15, -0.1) is 11.8 Å². The van der Waals surface area contributed by atoms with E-state index in [1.807, 2.05) is 30.0 Å². The Labute approximate surface area is 95.2 Å². The van der Waals surface area contributed by atoms with Crippen LogP contribution in [0, 0.1) is 0 Å². The lowest BCUT2D eigenvalue weighted by molar-refractivity contribution is 0.707. The van der Waals surface area contributed by atoms with Crippen LogP contribution in [-0.4, -0.2) is 18.8 Å². The summed E-state index contributed by atoms with van der Waals surface area (Å²) in [7, 11) is 0. The summed E-state index contributed by atoms with van der Waals surface area (Å²) < 4.78 is 0. The Morgan fingerprint density at radius 3 is 2.86 bits per heavy atom. The maximum Gasteiger partial charge on any atom is 0.0541 e. The highest BCUT2D eigenvalue weighted by Crippen LogP contribution is 2.26. The molecule has 0 bridgehead atoms. The Bertz CT molecular complexity index is 265. The minimum atomic E-state index is 0.862. The van der Waals surface area contributed by atoms with Gasteiger partial charge in [-0.2, -0.15) is 0 Å². The minimum absolute atomic E-state index is 0.862. The van der Waals surface area contributed by atoms with Gasteiger partial charge in [0.25, 0.3) is 0 Å². The molecule has 0 aromatic heterocycles. The second-order valence-corrected chi connectivity index (χ2v) is 4.53. The van der Waals surface area contributed by atoms with Gasteiger partial charge in [-0.1, -0.05) is 30.7 Å². The van der Waals surface area contributed by atoms with Crippen LogP contribution in [0.3, 0.4) is 0 Å². The molecule has 3 heteroatoms. The Balaban J connectivity index is 2.21. The number of halogens is 1. The average Bonchev–Trinajstić information content (AvgIpc) is 2.20. The smallest absolute Gasteiger partial charge is 0.0541 e. The van der Waals surface area contributed by atoms with Crippen LogP contribution in [0.4, 0.5) is 0 Å². The van der Waals surface area contributed by atoms with E-state index in [9.17, 15) is 0 Å². The molecule has 0 amide bonds. The molecule has 0 aliphatic carbocycles. The molecule has 14 heavy (non-hydrogen) atoms. The standard InChI is InChI=1S/C11H16ClNS/c1-2-13-8-5-9-14-11-7-4-3-6-10(11)12/h3-4,6-7,13H,2,5,8-9H2,1H3. The molecule has 0 unspecified atom stereocenters. The van der Waals surface area contributed by atoms with Crippen molar-refractivity contribution < 1.29 is 0 Å². The predicted octanol–water partition coefficient (Wildman–Crippen LogP) is 3.43. The van der Waals surface area contributed by atoms with Gasteiger partial charge < -0.3 is 5.32 Å². The van der Waals surface area contributed by atoms with Crippen molar-refractivity contribution in [1.82, 2.24) is 5.32 Å². The third-order valence-electron chi connectivity index (χ3n) is 1.84. The molecule has 0 radical (unpaired) electrons. The molecule has 0 aliphatic heterocycles. The molecular formula is C11H16ClNS. The second-order valence-electron chi connectivity index (χ2n) is 2.99. The predicted molar refractivity (Wildman–Crippen MR) is 65.3 cm³/mol. The third kappa shape index (κ3) is 4.36. The van der Waals surface area contributed by atoms with Gasteiger partial charge in [-0.05, 0) is 37.4 Å². The maximum absolute atomic E-state index is 6.03. The van der Waals surface area contributed by atoms with Gasteiger partial charge in [-0.3, -0.25) is 0 Å². The number of hydrogen-bond acceptors (Lipinski definition) is 2. The Morgan fingerprint density at radius 1 is 1.36 bits per heavy atom. The molecule has 78 valence electrons. The summed E-state index contributed by atoms with van der Waals surface area (Å²) in [5.74, 6) is 1.12. The first-order chi connectivity index (χ1) is 6.84. The molecule has 0 fully saturated rings. The van der Waals surface area contributed by atoms with E-state index in [-0.39, 0.29) is 0 Å². The molecule has 1 nitrogen and oxygen atoms in total. The van der Waals surface area contributed by atoms with E-state index in [0.29, 0.717) is 0 Å². The van der Waals surface area contributed by atoms with Crippen molar-refractivity contribution in [2.45, 2.75) is 18.2 Å². The lowest BCUT2D eigenvalue weighted by Gasteiger charge is -2.03. The van der Waals surface area contributed by atoms with Gasteiger partial charge in [0.2, 0.25) is 0 Å². The molecule has 0 atom stereocenters. The summed E-state index contributed by atoms with van der Waals surface area (Å²) in [4.78, 5) is 1.19. The molecule has 0 saturated heterocycles. The number of nitrogens with one attached hydrogen (secondary N) is 1. The van der Waals surface area contributed by atoms with Gasteiger partial charge in [0.15, 0.2) is 0 Å². The summed E-state index contributed by atoms with van der Waals surface area (Å²) >= 11 is 7.85. The van der Waals surface area contributed by atoms with Crippen LogP contribution in [0.2, 0.25) is 5.02 Å². The first-order valence-corrected chi connectivity index (χ1v) is 6.29. The van der Waals surface area contributed by atoms with Crippen molar-refractivity contribution in [3.05, 3.63) is 29.3 Å². The fourth-order valence-corrected chi connectivity index (χ4v) is 2.31. The van der Waals surface area contributed by atoms with E-state index in [0.717, 1.165) is 23.9 Å². The van der Waals surface area contributed by atoms with Crippen LogP contribution in [-0.2, 0) is 0 Å². The van der Waals surface area contributed by atoms with Crippen molar-refractivity contribution in [3.8, 4) is 0 Å². The maximum atomic E-state index is 6.03. The quantitative estimate of drug-likeness (QED) is 0.593. The van der Waals surface area contributed by atoms with Gasteiger partial charge >= 0.3 is 0 Å². The summed E-state index contributed by atoms with van der Waals surface area (Å²) in [5, 5.41) is 4.16. The largest absolute Gasteiger partial charge is 0.317 e. The van der Waals surface area contributed by atoms with Gasteiger partial charge in [0.05, 0.1) is 5.02 Å². The number of rotatable bonds is 6. The van der Waals surface area contributed by atoms with Crippen molar-refractivity contribution in [1.29, 1.82) is 0 Å².